The molecule has 0 aliphatic rings. The molecular formula is C23H21FIN5O3. The van der Waals surface area contributed by atoms with Crippen LogP contribution < -0.4 is 16.5 Å². The van der Waals surface area contributed by atoms with Crippen molar-refractivity contribution in [2.45, 2.75) is 6.54 Å². The lowest BCUT2D eigenvalue weighted by molar-refractivity contribution is 0.0163. The Balaban J connectivity index is 1.86. The second-order valence-electron chi connectivity index (χ2n) is 7.20. The molecule has 33 heavy (non-hydrogen) atoms. The number of carbonyl (C=O) groups is 1. The number of carbonyl (C=O) groups excluding carboxylic acids is 1. The first kappa shape index (κ1) is 23.0. The smallest absolute Gasteiger partial charge is 0.293 e. The molecule has 170 valence electrons. The summed E-state index contributed by atoms with van der Waals surface area (Å²) in [7, 11) is 0. The van der Waals surface area contributed by atoms with Crippen molar-refractivity contribution in [2.24, 2.45) is 0 Å². The standard InChI is InChI=1S/C23H21FIN5O3/c24-18-11-15(25)3-6-19(18)28-21-17-12-27-8-7-20(17)30(13-14-1-4-16(26)5-2-14)22(21)23(32)29-33-10-9-31/h1-8,11-12,28,31H,9-10,13,26H2,(H,29,32). The molecule has 0 aliphatic heterocycles. The number of nitrogens with one attached hydrogen (secondary N) is 2. The van der Waals surface area contributed by atoms with E-state index in [4.69, 9.17) is 15.7 Å². The van der Waals surface area contributed by atoms with Gasteiger partial charge in [0.25, 0.3) is 5.91 Å². The lowest BCUT2D eigenvalue weighted by Crippen LogP contribution is -2.28. The van der Waals surface area contributed by atoms with Gasteiger partial charge in [-0.1, -0.05) is 12.1 Å². The van der Waals surface area contributed by atoms with Crippen LogP contribution in [0.5, 0.6) is 0 Å². The summed E-state index contributed by atoms with van der Waals surface area (Å²) in [5, 5.41) is 12.7. The Morgan fingerprint density at radius 1 is 1.21 bits per heavy atom. The number of aliphatic hydroxyl groups excluding tert-OH is 1. The fourth-order valence-corrected chi connectivity index (χ4v) is 3.92. The fourth-order valence-electron chi connectivity index (χ4n) is 3.47. The average molecular weight is 561 g/mol. The minimum atomic E-state index is -0.552. The van der Waals surface area contributed by atoms with Crippen LogP contribution in [0.1, 0.15) is 16.1 Å². The number of fused-ring (bicyclic) bond motifs is 1. The first-order valence-corrected chi connectivity index (χ1v) is 11.1. The van der Waals surface area contributed by atoms with Gasteiger partial charge in [-0.25, -0.2) is 9.87 Å². The number of hydroxylamine groups is 1. The Morgan fingerprint density at radius 2 is 2.00 bits per heavy atom. The van der Waals surface area contributed by atoms with E-state index in [1.54, 1.807) is 47.3 Å². The largest absolute Gasteiger partial charge is 0.399 e. The maximum Gasteiger partial charge on any atom is 0.293 e. The predicted molar refractivity (Wildman–Crippen MR) is 133 cm³/mol. The van der Waals surface area contributed by atoms with Crippen LogP contribution in [0, 0.1) is 9.39 Å². The number of rotatable bonds is 8. The molecule has 2 aromatic heterocycles. The second kappa shape index (κ2) is 10.1. The van der Waals surface area contributed by atoms with Crippen LogP contribution in [0.3, 0.4) is 0 Å². The van der Waals surface area contributed by atoms with E-state index in [1.807, 2.05) is 34.7 Å². The molecule has 10 heteroatoms. The van der Waals surface area contributed by atoms with E-state index in [0.29, 0.717) is 23.3 Å². The zero-order valence-electron chi connectivity index (χ0n) is 17.4. The lowest BCUT2D eigenvalue weighted by atomic mass is 10.2. The number of pyridine rings is 1. The van der Waals surface area contributed by atoms with Gasteiger partial charge in [0.15, 0.2) is 0 Å². The third kappa shape index (κ3) is 5.07. The molecule has 0 saturated carbocycles. The second-order valence-corrected chi connectivity index (χ2v) is 8.44. The van der Waals surface area contributed by atoms with Crippen LogP contribution in [0.4, 0.5) is 21.5 Å². The number of halogens is 2. The topological polar surface area (TPSA) is 114 Å². The highest BCUT2D eigenvalue weighted by Gasteiger charge is 2.24. The molecule has 0 saturated heterocycles. The van der Waals surface area contributed by atoms with Crippen molar-refractivity contribution < 1.29 is 19.1 Å². The van der Waals surface area contributed by atoms with E-state index < -0.39 is 11.7 Å². The Hall–Kier alpha value is -3.22. The van der Waals surface area contributed by atoms with Crippen molar-refractivity contribution >= 4 is 56.5 Å². The summed E-state index contributed by atoms with van der Waals surface area (Å²) in [6.45, 7) is 0.0258. The lowest BCUT2D eigenvalue weighted by Gasteiger charge is -2.14. The van der Waals surface area contributed by atoms with Gasteiger partial charge in [-0.3, -0.25) is 14.6 Å². The third-order valence-electron chi connectivity index (χ3n) is 4.95. The Morgan fingerprint density at radius 3 is 2.73 bits per heavy atom. The minimum absolute atomic E-state index is 0.0694. The molecular weight excluding hydrogens is 540 g/mol. The number of anilines is 3. The molecule has 2 heterocycles. The summed E-state index contributed by atoms with van der Waals surface area (Å²) in [6, 6.07) is 13.9. The summed E-state index contributed by atoms with van der Waals surface area (Å²) in [5.74, 6) is -1.00. The number of nitrogens with two attached hydrogens (primary N) is 1. The van der Waals surface area contributed by atoms with Gasteiger partial charge in [0, 0.05) is 33.6 Å². The summed E-state index contributed by atoms with van der Waals surface area (Å²) in [4.78, 5) is 22.5. The van der Waals surface area contributed by atoms with Crippen LogP contribution >= 0.6 is 22.6 Å². The van der Waals surface area contributed by atoms with Gasteiger partial charge >= 0.3 is 0 Å². The molecule has 0 radical (unpaired) electrons. The molecule has 4 aromatic rings. The minimum Gasteiger partial charge on any atom is -0.399 e. The van der Waals surface area contributed by atoms with Crippen molar-refractivity contribution in [1.29, 1.82) is 0 Å². The van der Waals surface area contributed by atoms with Crippen molar-refractivity contribution in [1.82, 2.24) is 15.0 Å². The summed E-state index contributed by atoms with van der Waals surface area (Å²) in [5.41, 5.74) is 11.3. The van der Waals surface area contributed by atoms with E-state index in [0.717, 1.165) is 14.7 Å². The van der Waals surface area contributed by atoms with E-state index in [1.165, 1.54) is 6.07 Å². The first-order chi connectivity index (χ1) is 16.0. The maximum absolute atomic E-state index is 14.7. The molecule has 0 unspecified atom stereocenters. The van der Waals surface area contributed by atoms with Crippen LogP contribution in [0.2, 0.25) is 0 Å². The zero-order chi connectivity index (χ0) is 23.4. The fraction of sp³-hybridized carbons (Fsp3) is 0.130. The quantitative estimate of drug-likeness (QED) is 0.113. The maximum atomic E-state index is 14.7. The molecule has 0 spiro atoms. The molecule has 4 rings (SSSR count). The molecule has 8 nitrogen and oxygen atoms in total. The highest BCUT2D eigenvalue weighted by atomic mass is 127. The van der Waals surface area contributed by atoms with E-state index in [9.17, 15) is 9.18 Å². The summed E-state index contributed by atoms with van der Waals surface area (Å²) >= 11 is 2.03. The monoisotopic (exact) mass is 561 g/mol. The summed E-state index contributed by atoms with van der Waals surface area (Å²) < 4.78 is 17.2. The van der Waals surface area contributed by atoms with Crippen LogP contribution in [0.15, 0.2) is 60.9 Å². The Kier molecular flexibility index (Phi) is 7.06. The number of hydrogen-bond donors (Lipinski definition) is 4. The van der Waals surface area contributed by atoms with Gasteiger partial charge in [0.05, 0.1) is 30.1 Å². The molecule has 5 N–H and O–H groups in total. The van der Waals surface area contributed by atoms with Gasteiger partial charge < -0.3 is 20.7 Å². The number of hydrogen-bond acceptors (Lipinski definition) is 6. The van der Waals surface area contributed by atoms with Gasteiger partial charge in [-0.05, 0) is 64.6 Å². The van der Waals surface area contributed by atoms with E-state index >= 15 is 0 Å². The normalized spacial score (nSPS) is 11.0. The molecule has 1 amide bonds. The van der Waals surface area contributed by atoms with Crippen LogP contribution in [-0.4, -0.2) is 33.8 Å². The number of amides is 1. The third-order valence-corrected chi connectivity index (χ3v) is 5.62. The molecule has 0 atom stereocenters. The van der Waals surface area contributed by atoms with Gasteiger partial charge in [0.2, 0.25) is 0 Å². The zero-order valence-corrected chi connectivity index (χ0v) is 19.5. The molecule has 0 aliphatic carbocycles. The van der Waals surface area contributed by atoms with Gasteiger partial charge in [-0.15, -0.1) is 0 Å². The molecule has 0 fully saturated rings. The Labute approximate surface area is 202 Å². The highest BCUT2D eigenvalue weighted by molar-refractivity contribution is 14.1. The highest BCUT2D eigenvalue weighted by Crippen LogP contribution is 2.34. The number of aromatic nitrogens is 2. The molecule has 0 bridgehead atoms. The number of nitrogen functional groups attached to an aromatic ring is 1. The van der Waals surface area contributed by atoms with Crippen LogP contribution in [0.25, 0.3) is 10.9 Å². The van der Waals surface area contributed by atoms with Crippen molar-refractivity contribution in [2.75, 3.05) is 24.3 Å². The summed E-state index contributed by atoms with van der Waals surface area (Å²) in [6.07, 6.45) is 3.24. The van der Waals surface area contributed by atoms with Crippen LogP contribution in [-0.2, 0) is 11.4 Å². The van der Waals surface area contributed by atoms with Gasteiger partial charge in [-0.2, -0.15) is 0 Å². The average Bonchev–Trinajstić information content (AvgIpc) is 3.10. The SMILES string of the molecule is Nc1ccc(Cn2c(C(=O)NOCCO)c(Nc3ccc(I)cc3F)c3cnccc32)cc1. The number of nitrogens with zero attached hydrogens (tertiary/aromatic N) is 2. The van der Waals surface area contributed by atoms with Crippen molar-refractivity contribution in [3.05, 3.63) is 81.6 Å². The molecule has 2 aromatic carbocycles. The van der Waals surface area contributed by atoms with Crippen molar-refractivity contribution in [3.8, 4) is 0 Å². The van der Waals surface area contributed by atoms with Gasteiger partial charge in [0.1, 0.15) is 11.5 Å². The Bertz CT molecular complexity index is 1290. The van der Waals surface area contributed by atoms with Crippen molar-refractivity contribution in [3.63, 3.8) is 0 Å². The number of benzene rings is 2. The van der Waals surface area contributed by atoms with E-state index in [-0.39, 0.29) is 24.6 Å². The van der Waals surface area contributed by atoms with E-state index in [2.05, 4.69) is 15.8 Å². The number of aliphatic hydroxyl groups is 1. The first-order valence-electron chi connectivity index (χ1n) is 10.0. The predicted octanol–water partition coefficient (Wildman–Crippen LogP) is 3.81.